The summed E-state index contributed by atoms with van der Waals surface area (Å²) in [4.78, 5) is 16.3. The molecule has 1 aromatic rings. The third-order valence-electron chi connectivity index (χ3n) is 3.13. The lowest BCUT2D eigenvalue weighted by Gasteiger charge is -2.22. The summed E-state index contributed by atoms with van der Waals surface area (Å²) in [5, 5.41) is 6.31. The second kappa shape index (κ2) is 7.38. The Morgan fingerprint density at radius 2 is 2.21 bits per heavy atom. The van der Waals surface area contributed by atoms with E-state index in [-0.39, 0.29) is 5.91 Å². The predicted octanol–water partition coefficient (Wildman–Crippen LogP) is 2.53. The van der Waals surface area contributed by atoms with Gasteiger partial charge in [0.05, 0.1) is 11.9 Å². The van der Waals surface area contributed by atoms with Crippen LogP contribution in [0, 0.1) is 0 Å². The van der Waals surface area contributed by atoms with Crippen molar-refractivity contribution in [2.24, 2.45) is 0 Å². The molecule has 1 saturated heterocycles. The van der Waals surface area contributed by atoms with Gasteiger partial charge in [0.25, 0.3) is 5.91 Å². The van der Waals surface area contributed by atoms with Crippen molar-refractivity contribution in [2.45, 2.75) is 32.2 Å². The summed E-state index contributed by atoms with van der Waals surface area (Å²) in [6.45, 7) is 3.04. The maximum Gasteiger partial charge on any atom is 0.270 e. The molecule has 4 nitrogen and oxygen atoms in total. The zero-order valence-electron chi connectivity index (χ0n) is 11.3. The maximum absolute atomic E-state index is 12.0. The molecule has 1 aliphatic heterocycles. The smallest absolute Gasteiger partial charge is 0.270 e. The van der Waals surface area contributed by atoms with Gasteiger partial charge in [0, 0.05) is 12.6 Å². The van der Waals surface area contributed by atoms with Gasteiger partial charge in [-0.05, 0) is 42.9 Å². The van der Waals surface area contributed by atoms with Gasteiger partial charge in [0.15, 0.2) is 0 Å². The Balaban J connectivity index is 1.87. The molecule has 1 amide bonds. The second-order valence-electron chi connectivity index (χ2n) is 4.72. The highest BCUT2D eigenvalue weighted by molar-refractivity contribution is 7.99. The monoisotopic (exact) mass is 279 g/mol. The first-order chi connectivity index (χ1) is 9.29. The minimum absolute atomic E-state index is 0.0565. The molecular formula is C14H21N3OS. The van der Waals surface area contributed by atoms with Crippen LogP contribution in [-0.4, -0.2) is 35.0 Å². The molecule has 0 bridgehead atoms. The molecule has 1 aliphatic rings. The summed E-state index contributed by atoms with van der Waals surface area (Å²) < 4.78 is 0. The summed E-state index contributed by atoms with van der Waals surface area (Å²) in [6.07, 6.45) is 4.92. The minimum Gasteiger partial charge on any atom is -0.384 e. The fourth-order valence-electron chi connectivity index (χ4n) is 2.00. The van der Waals surface area contributed by atoms with Crippen molar-refractivity contribution in [1.29, 1.82) is 0 Å². The molecule has 0 saturated carbocycles. The molecule has 0 aliphatic carbocycles. The third kappa shape index (κ3) is 4.42. The first kappa shape index (κ1) is 14.2. The van der Waals surface area contributed by atoms with Crippen LogP contribution >= 0.6 is 11.8 Å². The van der Waals surface area contributed by atoms with Crippen molar-refractivity contribution in [3.63, 3.8) is 0 Å². The Bertz CT molecular complexity index is 402. The van der Waals surface area contributed by atoms with Gasteiger partial charge in [0.1, 0.15) is 5.69 Å². The van der Waals surface area contributed by atoms with Gasteiger partial charge >= 0.3 is 0 Å². The van der Waals surface area contributed by atoms with E-state index in [2.05, 4.69) is 22.5 Å². The van der Waals surface area contributed by atoms with Crippen LogP contribution in [0.25, 0.3) is 0 Å². The van der Waals surface area contributed by atoms with E-state index in [9.17, 15) is 4.79 Å². The van der Waals surface area contributed by atoms with Crippen LogP contribution in [0.3, 0.4) is 0 Å². The largest absolute Gasteiger partial charge is 0.384 e. The van der Waals surface area contributed by atoms with E-state index >= 15 is 0 Å². The number of hydrogen-bond acceptors (Lipinski definition) is 4. The highest BCUT2D eigenvalue weighted by Crippen LogP contribution is 2.17. The molecular weight excluding hydrogens is 258 g/mol. The number of anilines is 1. The Morgan fingerprint density at radius 3 is 2.84 bits per heavy atom. The fraction of sp³-hybridized carbons (Fsp3) is 0.571. The predicted molar refractivity (Wildman–Crippen MR) is 80.8 cm³/mol. The lowest BCUT2D eigenvalue weighted by molar-refractivity contribution is 0.0930. The number of carbonyl (C=O) groups is 1. The normalized spacial score (nSPS) is 16.1. The van der Waals surface area contributed by atoms with Crippen molar-refractivity contribution in [1.82, 2.24) is 10.3 Å². The van der Waals surface area contributed by atoms with Crippen LogP contribution in [0.4, 0.5) is 5.69 Å². The Labute approximate surface area is 118 Å². The van der Waals surface area contributed by atoms with Crippen molar-refractivity contribution in [3.8, 4) is 0 Å². The Hall–Kier alpha value is -1.23. The van der Waals surface area contributed by atoms with Gasteiger partial charge in [-0.15, -0.1) is 0 Å². The molecule has 19 heavy (non-hydrogen) atoms. The first-order valence-corrected chi connectivity index (χ1v) is 8.03. The molecule has 2 heterocycles. The highest BCUT2D eigenvalue weighted by Gasteiger charge is 2.17. The molecule has 2 N–H and O–H groups in total. The molecule has 0 unspecified atom stereocenters. The van der Waals surface area contributed by atoms with Crippen LogP contribution in [0.2, 0.25) is 0 Å². The molecule has 5 heteroatoms. The summed E-state index contributed by atoms with van der Waals surface area (Å²) >= 11 is 1.96. The van der Waals surface area contributed by atoms with E-state index in [0.717, 1.165) is 43.0 Å². The van der Waals surface area contributed by atoms with Crippen molar-refractivity contribution in [2.75, 3.05) is 23.4 Å². The van der Waals surface area contributed by atoms with Gasteiger partial charge in [-0.3, -0.25) is 4.79 Å². The topological polar surface area (TPSA) is 54.0 Å². The molecule has 1 fully saturated rings. The van der Waals surface area contributed by atoms with Crippen LogP contribution < -0.4 is 10.6 Å². The third-order valence-corrected chi connectivity index (χ3v) is 4.18. The van der Waals surface area contributed by atoms with Gasteiger partial charge in [-0.1, -0.05) is 6.92 Å². The number of pyridine rings is 1. The average molecular weight is 279 g/mol. The molecule has 0 radical (unpaired) electrons. The fourth-order valence-corrected chi connectivity index (χ4v) is 3.11. The number of nitrogens with one attached hydrogen (secondary N) is 2. The van der Waals surface area contributed by atoms with E-state index < -0.39 is 0 Å². The van der Waals surface area contributed by atoms with Gasteiger partial charge in [-0.25, -0.2) is 4.98 Å². The van der Waals surface area contributed by atoms with E-state index in [1.807, 2.05) is 17.8 Å². The quantitative estimate of drug-likeness (QED) is 0.869. The van der Waals surface area contributed by atoms with Crippen molar-refractivity contribution < 1.29 is 4.79 Å². The van der Waals surface area contributed by atoms with Crippen LogP contribution in [0.1, 0.15) is 36.7 Å². The highest BCUT2D eigenvalue weighted by atomic mass is 32.2. The molecule has 0 aromatic carbocycles. The van der Waals surface area contributed by atoms with Crippen molar-refractivity contribution >= 4 is 23.4 Å². The molecule has 1 aromatic heterocycles. The summed E-state index contributed by atoms with van der Waals surface area (Å²) in [7, 11) is 0. The molecule has 2 rings (SSSR count). The zero-order valence-corrected chi connectivity index (χ0v) is 12.1. The van der Waals surface area contributed by atoms with Crippen LogP contribution in [-0.2, 0) is 0 Å². The maximum atomic E-state index is 12.0. The minimum atomic E-state index is -0.0565. The van der Waals surface area contributed by atoms with Crippen molar-refractivity contribution in [3.05, 3.63) is 24.0 Å². The number of rotatable bonds is 5. The average Bonchev–Trinajstić information content (AvgIpc) is 2.46. The van der Waals surface area contributed by atoms with E-state index in [0.29, 0.717) is 11.7 Å². The number of aromatic nitrogens is 1. The standard InChI is InChI=1S/C14H21N3OS/c1-2-7-15-12-3-4-13(16-10-12)14(18)17-11-5-8-19-9-6-11/h3-4,10-11,15H,2,5-9H2,1H3,(H,17,18). The summed E-state index contributed by atoms with van der Waals surface area (Å²) in [6, 6.07) is 4.01. The lowest BCUT2D eigenvalue weighted by atomic mass is 10.1. The summed E-state index contributed by atoms with van der Waals surface area (Å²) in [5.41, 5.74) is 1.47. The van der Waals surface area contributed by atoms with Crippen LogP contribution in [0.15, 0.2) is 18.3 Å². The lowest BCUT2D eigenvalue weighted by Crippen LogP contribution is -2.37. The molecule has 0 spiro atoms. The SMILES string of the molecule is CCCNc1ccc(C(=O)NC2CCSCC2)nc1. The zero-order chi connectivity index (χ0) is 13.5. The Kier molecular flexibility index (Phi) is 5.51. The van der Waals surface area contributed by atoms with E-state index in [1.165, 1.54) is 0 Å². The number of carbonyl (C=O) groups excluding carboxylic acids is 1. The molecule has 0 atom stereocenters. The molecule has 104 valence electrons. The number of hydrogen-bond donors (Lipinski definition) is 2. The second-order valence-corrected chi connectivity index (χ2v) is 5.94. The van der Waals surface area contributed by atoms with Gasteiger partial charge in [-0.2, -0.15) is 11.8 Å². The van der Waals surface area contributed by atoms with Crippen LogP contribution in [0.5, 0.6) is 0 Å². The number of nitrogens with zero attached hydrogens (tertiary/aromatic N) is 1. The number of amides is 1. The van der Waals surface area contributed by atoms with E-state index in [1.54, 1.807) is 12.3 Å². The van der Waals surface area contributed by atoms with E-state index in [4.69, 9.17) is 0 Å². The van der Waals surface area contributed by atoms with Gasteiger partial charge < -0.3 is 10.6 Å². The summed E-state index contributed by atoms with van der Waals surface area (Å²) in [5.74, 6) is 2.22. The first-order valence-electron chi connectivity index (χ1n) is 6.88. The van der Waals surface area contributed by atoms with Gasteiger partial charge in [0.2, 0.25) is 0 Å². The Morgan fingerprint density at radius 1 is 1.42 bits per heavy atom. The number of thioether (sulfide) groups is 1.